The Bertz CT molecular complexity index is 866. The van der Waals surface area contributed by atoms with Crippen LogP contribution in [0.3, 0.4) is 0 Å². The molecule has 2 aliphatic heterocycles. The number of rotatable bonds is 4. The summed E-state index contributed by atoms with van der Waals surface area (Å²) < 4.78 is 11.3. The van der Waals surface area contributed by atoms with E-state index in [0.29, 0.717) is 30.8 Å². The number of amidine groups is 1. The highest BCUT2D eigenvalue weighted by atomic mass is 79.9. The monoisotopic (exact) mass is 451 g/mol. The Balaban J connectivity index is 1.47. The highest BCUT2D eigenvalue weighted by molar-refractivity contribution is 9.10. The third-order valence-corrected chi connectivity index (χ3v) is 6.03. The molecule has 1 aromatic heterocycles. The number of thioether (sulfide) groups is 1. The molecule has 142 valence electrons. The van der Waals surface area contributed by atoms with Crippen molar-refractivity contribution in [2.24, 2.45) is 4.99 Å². The number of ether oxygens (including phenoxy) is 1. The minimum atomic E-state index is -0.606. The van der Waals surface area contributed by atoms with Gasteiger partial charge in [0.05, 0.1) is 13.2 Å². The van der Waals surface area contributed by atoms with Gasteiger partial charge in [0.1, 0.15) is 4.75 Å². The van der Waals surface area contributed by atoms with Crippen LogP contribution < -0.4 is 5.32 Å². The van der Waals surface area contributed by atoms with Gasteiger partial charge in [-0.25, -0.2) is 0 Å². The molecule has 3 heterocycles. The van der Waals surface area contributed by atoms with Crippen LogP contribution in [-0.4, -0.2) is 63.8 Å². The second-order valence-electron chi connectivity index (χ2n) is 6.49. The molecule has 0 bridgehead atoms. The maximum Gasteiger partial charge on any atom is 0.345 e. The van der Waals surface area contributed by atoms with Gasteiger partial charge in [-0.3, -0.25) is 9.69 Å². The Labute approximate surface area is 168 Å². The lowest BCUT2D eigenvalue weighted by Crippen LogP contribution is -2.48. The molecule has 0 radical (unpaired) electrons. The van der Waals surface area contributed by atoms with Crippen LogP contribution >= 0.6 is 27.7 Å². The highest BCUT2D eigenvalue weighted by Crippen LogP contribution is 2.34. The van der Waals surface area contributed by atoms with Gasteiger partial charge >= 0.3 is 6.01 Å². The quantitative estimate of drug-likeness (QED) is 0.762. The molecule has 2 saturated heterocycles. The molecule has 1 N–H and O–H groups in total. The molecule has 2 aromatic rings. The summed E-state index contributed by atoms with van der Waals surface area (Å²) in [7, 11) is 0. The standard InChI is InChI=1S/C17H18BrN5O3S/c1-17(10-23-6-8-25-9-7-23)14(24)19-16(27-17)20-15-22-21-13(26-15)11-2-4-12(18)5-3-11/h2-5H,6-10H2,1H3,(H,19,20,22,24). The topological polar surface area (TPSA) is 92.8 Å². The number of hydrogen-bond acceptors (Lipinski definition) is 8. The van der Waals surface area contributed by atoms with Crippen molar-refractivity contribution in [1.29, 1.82) is 0 Å². The lowest BCUT2D eigenvalue weighted by atomic mass is 10.1. The third-order valence-electron chi connectivity index (χ3n) is 4.35. The Morgan fingerprint density at radius 3 is 2.78 bits per heavy atom. The zero-order chi connectivity index (χ0) is 18.9. The SMILES string of the molecule is CC1(CN2CCOCC2)S/C(=N/c2nnc(-c3ccc(Br)cc3)o2)NC1=O. The van der Waals surface area contributed by atoms with Gasteiger partial charge in [0.25, 0.3) is 0 Å². The van der Waals surface area contributed by atoms with Crippen molar-refractivity contribution in [1.82, 2.24) is 20.4 Å². The van der Waals surface area contributed by atoms with E-state index in [1.165, 1.54) is 11.8 Å². The van der Waals surface area contributed by atoms with E-state index in [-0.39, 0.29) is 11.9 Å². The molecule has 1 atom stereocenters. The maximum atomic E-state index is 12.5. The first-order valence-electron chi connectivity index (χ1n) is 8.50. The number of amides is 1. The summed E-state index contributed by atoms with van der Waals surface area (Å²) in [6.07, 6.45) is 0. The Morgan fingerprint density at radius 2 is 2.04 bits per heavy atom. The van der Waals surface area contributed by atoms with E-state index < -0.39 is 4.75 Å². The molecule has 0 aliphatic carbocycles. The molecule has 0 saturated carbocycles. The van der Waals surface area contributed by atoms with Crippen LogP contribution in [0, 0.1) is 0 Å². The third kappa shape index (κ3) is 4.23. The van der Waals surface area contributed by atoms with Gasteiger partial charge in [-0.2, -0.15) is 4.99 Å². The van der Waals surface area contributed by atoms with Crippen molar-refractivity contribution < 1.29 is 13.9 Å². The van der Waals surface area contributed by atoms with Gasteiger partial charge in [0.15, 0.2) is 5.17 Å². The maximum absolute atomic E-state index is 12.5. The van der Waals surface area contributed by atoms with Crippen molar-refractivity contribution in [2.45, 2.75) is 11.7 Å². The van der Waals surface area contributed by atoms with Crippen LogP contribution in [0.25, 0.3) is 11.5 Å². The number of hydrogen-bond donors (Lipinski definition) is 1. The van der Waals surface area contributed by atoms with Gasteiger partial charge in [-0.1, -0.05) is 32.8 Å². The first-order chi connectivity index (χ1) is 13.0. The molecular formula is C17H18BrN5O3S. The van der Waals surface area contributed by atoms with Gasteiger partial charge in [-0.05, 0) is 31.2 Å². The van der Waals surface area contributed by atoms with Gasteiger partial charge in [0.2, 0.25) is 11.8 Å². The fraction of sp³-hybridized carbons (Fsp3) is 0.412. The van der Waals surface area contributed by atoms with Crippen LogP contribution in [0.15, 0.2) is 38.1 Å². The Hall–Kier alpha value is -1.75. The number of morpholine rings is 1. The second kappa shape index (κ2) is 7.70. The number of nitrogens with zero attached hydrogens (tertiary/aromatic N) is 4. The molecular weight excluding hydrogens is 434 g/mol. The minimum Gasteiger partial charge on any atom is -0.402 e. The van der Waals surface area contributed by atoms with Crippen molar-refractivity contribution in [3.8, 4) is 11.5 Å². The summed E-state index contributed by atoms with van der Waals surface area (Å²) >= 11 is 4.78. The Kier molecular flexibility index (Phi) is 5.31. The largest absolute Gasteiger partial charge is 0.402 e. The first kappa shape index (κ1) is 18.6. The van der Waals surface area contributed by atoms with Gasteiger partial charge < -0.3 is 14.5 Å². The summed E-state index contributed by atoms with van der Waals surface area (Å²) in [6, 6.07) is 7.66. The predicted molar refractivity (Wildman–Crippen MR) is 106 cm³/mol. The fourth-order valence-corrected chi connectivity index (χ4v) is 4.26. The number of benzene rings is 1. The summed E-state index contributed by atoms with van der Waals surface area (Å²) in [4.78, 5) is 19.0. The molecule has 27 heavy (non-hydrogen) atoms. The van der Waals surface area contributed by atoms with Gasteiger partial charge in [0, 0.05) is 29.7 Å². The van der Waals surface area contributed by atoms with Crippen molar-refractivity contribution in [3.63, 3.8) is 0 Å². The summed E-state index contributed by atoms with van der Waals surface area (Å²) in [5.74, 6) is 0.317. The van der Waals surface area contributed by atoms with Crippen LogP contribution in [0.5, 0.6) is 0 Å². The van der Waals surface area contributed by atoms with Gasteiger partial charge in [-0.15, -0.1) is 5.10 Å². The molecule has 2 fully saturated rings. The normalized spacial score (nSPS) is 25.1. The molecule has 8 nitrogen and oxygen atoms in total. The summed E-state index contributed by atoms with van der Waals surface area (Å²) in [5, 5.41) is 11.3. The van der Waals surface area contributed by atoms with Crippen LogP contribution in [0.1, 0.15) is 6.92 Å². The number of carbonyl (C=O) groups is 1. The number of aliphatic imine (C=N–C) groups is 1. The molecule has 2 aliphatic rings. The number of halogens is 1. The number of aromatic nitrogens is 2. The molecule has 4 rings (SSSR count). The lowest BCUT2D eigenvalue weighted by Gasteiger charge is -2.32. The zero-order valence-corrected chi connectivity index (χ0v) is 17.0. The molecule has 1 unspecified atom stereocenters. The predicted octanol–water partition coefficient (Wildman–Crippen LogP) is 2.44. The molecule has 1 amide bonds. The lowest BCUT2D eigenvalue weighted by molar-refractivity contribution is -0.122. The second-order valence-corrected chi connectivity index (χ2v) is 8.90. The fourth-order valence-electron chi connectivity index (χ4n) is 2.91. The van der Waals surface area contributed by atoms with Crippen LogP contribution in [0.2, 0.25) is 0 Å². The Morgan fingerprint density at radius 1 is 1.30 bits per heavy atom. The van der Waals surface area contributed by atoms with E-state index in [1.807, 2.05) is 31.2 Å². The van der Waals surface area contributed by atoms with Crippen molar-refractivity contribution in [3.05, 3.63) is 28.7 Å². The van der Waals surface area contributed by atoms with Crippen LogP contribution in [0.4, 0.5) is 6.01 Å². The smallest absolute Gasteiger partial charge is 0.345 e. The summed E-state index contributed by atoms with van der Waals surface area (Å²) in [5.41, 5.74) is 0.803. The summed E-state index contributed by atoms with van der Waals surface area (Å²) in [6.45, 7) is 5.62. The van der Waals surface area contributed by atoms with Crippen LogP contribution in [-0.2, 0) is 9.53 Å². The van der Waals surface area contributed by atoms with E-state index in [2.05, 4.69) is 41.3 Å². The van der Waals surface area contributed by atoms with Crippen molar-refractivity contribution >= 4 is 44.8 Å². The van der Waals surface area contributed by atoms with E-state index >= 15 is 0 Å². The highest BCUT2D eigenvalue weighted by Gasteiger charge is 2.44. The van der Waals surface area contributed by atoms with Crippen molar-refractivity contribution in [2.75, 3.05) is 32.8 Å². The molecule has 1 aromatic carbocycles. The average Bonchev–Trinajstić information content (AvgIpc) is 3.21. The zero-order valence-electron chi connectivity index (χ0n) is 14.6. The number of nitrogens with one attached hydrogen (secondary N) is 1. The van der Waals surface area contributed by atoms with E-state index in [0.717, 1.165) is 23.1 Å². The minimum absolute atomic E-state index is 0.0645. The van der Waals surface area contributed by atoms with E-state index in [4.69, 9.17) is 9.15 Å². The molecule has 10 heteroatoms. The average molecular weight is 452 g/mol. The van der Waals surface area contributed by atoms with E-state index in [9.17, 15) is 4.79 Å². The van der Waals surface area contributed by atoms with E-state index in [1.54, 1.807) is 0 Å². The first-order valence-corrected chi connectivity index (χ1v) is 10.1. The molecule has 0 spiro atoms. The number of carbonyl (C=O) groups excluding carboxylic acids is 1.